The smallest absolute Gasteiger partial charge is 0.239 e. The van der Waals surface area contributed by atoms with E-state index in [2.05, 4.69) is 0 Å². The Labute approximate surface area is 235 Å². The molecule has 10 N–H and O–H groups in total. The van der Waals surface area contributed by atoms with Crippen LogP contribution in [0.15, 0.2) is 33.5 Å². The van der Waals surface area contributed by atoms with Gasteiger partial charge >= 0.3 is 0 Å². The van der Waals surface area contributed by atoms with Gasteiger partial charge in [0.15, 0.2) is 35.4 Å². The van der Waals surface area contributed by atoms with E-state index in [0.29, 0.717) is 0 Å². The fraction of sp³-hybridized carbons (Fsp3) is 0.423. The van der Waals surface area contributed by atoms with Crippen molar-refractivity contribution >= 4 is 11.0 Å². The summed E-state index contributed by atoms with van der Waals surface area (Å²) in [5.74, 6) is -4.94. The summed E-state index contributed by atoms with van der Waals surface area (Å²) < 4.78 is 28.1. The number of fused-ring (bicyclic) bond motifs is 1. The molecular formula is C26H28O16. The first kappa shape index (κ1) is 29.6. The molecule has 0 aliphatic carbocycles. The number of aliphatic hydroxyl groups is 5. The first-order valence-corrected chi connectivity index (χ1v) is 12.6. The Kier molecular flexibility index (Phi) is 7.82. The molecule has 228 valence electrons. The summed E-state index contributed by atoms with van der Waals surface area (Å²) in [6, 6.07) is 3.67. The molecule has 0 saturated carbocycles. The van der Waals surface area contributed by atoms with Gasteiger partial charge in [0.1, 0.15) is 53.0 Å². The third-order valence-corrected chi connectivity index (χ3v) is 7.01. The summed E-state index contributed by atoms with van der Waals surface area (Å²) in [7, 11) is 0. The number of aliphatic hydroxyl groups excluding tert-OH is 5. The van der Waals surface area contributed by atoms with Gasteiger partial charge in [-0.1, -0.05) is 0 Å². The van der Waals surface area contributed by atoms with E-state index in [-0.39, 0.29) is 11.1 Å². The summed E-state index contributed by atoms with van der Waals surface area (Å²) in [4.78, 5) is 13.7. The van der Waals surface area contributed by atoms with Crippen LogP contribution in [0, 0.1) is 0 Å². The average Bonchev–Trinajstić information content (AvgIpc) is 2.93. The molecular weight excluding hydrogens is 568 g/mol. The van der Waals surface area contributed by atoms with Crippen LogP contribution in [-0.2, 0) is 14.2 Å². The average molecular weight is 596 g/mol. The summed E-state index contributed by atoms with van der Waals surface area (Å²) in [5.41, 5.74) is -1.64. The highest BCUT2D eigenvalue weighted by molar-refractivity contribution is 5.88. The summed E-state index contributed by atoms with van der Waals surface area (Å²) in [6.45, 7) is 0.899. The number of aromatic hydroxyl groups is 5. The number of benzene rings is 2. The minimum atomic E-state index is -1.81. The molecule has 2 aromatic carbocycles. The number of hydrogen-bond donors (Lipinski definition) is 10. The van der Waals surface area contributed by atoms with Crippen molar-refractivity contribution in [2.75, 3.05) is 6.61 Å². The van der Waals surface area contributed by atoms with Gasteiger partial charge in [-0.25, -0.2) is 0 Å². The van der Waals surface area contributed by atoms with Crippen LogP contribution in [0.25, 0.3) is 22.3 Å². The van der Waals surface area contributed by atoms with Crippen LogP contribution >= 0.6 is 0 Å². The Morgan fingerprint density at radius 2 is 1.48 bits per heavy atom. The van der Waals surface area contributed by atoms with Gasteiger partial charge in [-0.3, -0.25) is 4.79 Å². The first-order chi connectivity index (χ1) is 19.8. The van der Waals surface area contributed by atoms with Gasteiger partial charge in [-0.05, 0) is 19.1 Å². The number of phenols is 5. The molecule has 2 aliphatic rings. The van der Waals surface area contributed by atoms with Gasteiger partial charge in [-0.2, -0.15) is 0 Å². The van der Waals surface area contributed by atoms with Crippen LogP contribution in [0.5, 0.6) is 34.5 Å². The van der Waals surface area contributed by atoms with Crippen molar-refractivity contribution in [3.8, 4) is 45.8 Å². The minimum absolute atomic E-state index is 0.232. The molecule has 16 heteroatoms. The van der Waals surface area contributed by atoms with Crippen LogP contribution in [0.1, 0.15) is 6.92 Å². The lowest BCUT2D eigenvalue weighted by atomic mass is 9.99. The van der Waals surface area contributed by atoms with Crippen molar-refractivity contribution in [2.45, 2.75) is 62.2 Å². The molecule has 0 unspecified atom stereocenters. The highest BCUT2D eigenvalue weighted by Gasteiger charge is 2.49. The Bertz CT molecular complexity index is 1510. The Morgan fingerprint density at radius 3 is 2.14 bits per heavy atom. The normalized spacial score (nSPS) is 31.7. The van der Waals surface area contributed by atoms with Gasteiger partial charge in [-0.15, -0.1) is 0 Å². The second-order valence-electron chi connectivity index (χ2n) is 9.95. The molecule has 2 aliphatic heterocycles. The minimum Gasteiger partial charge on any atom is -0.508 e. The number of hydrogen-bond acceptors (Lipinski definition) is 16. The molecule has 0 spiro atoms. The van der Waals surface area contributed by atoms with E-state index >= 15 is 0 Å². The lowest BCUT2D eigenvalue weighted by molar-refractivity contribution is -0.341. The molecule has 0 amide bonds. The third-order valence-electron chi connectivity index (χ3n) is 7.01. The predicted octanol–water partition coefficient (Wildman–Crippen LogP) is -1.34. The van der Waals surface area contributed by atoms with E-state index in [1.54, 1.807) is 0 Å². The molecule has 0 radical (unpaired) electrons. The predicted molar refractivity (Wildman–Crippen MR) is 136 cm³/mol. The van der Waals surface area contributed by atoms with E-state index < -0.39 is 113 Å². The zero-order valence-electron chi connectivity index (χ0n) is 21.6. The number of rotatable bonds is 5. The number of ether oxygens (including phenoxy) is 4. The van der Waals surface area contributed by atoms with E-state index in [0.717, 1.165) is 24.3 Å². The Hall–Kier alpha value is -3.87. The SMILES string of the molecule is C[C@@H]1O[C@@H](Oc2c(-c3cc(O)c(O)c(O)c3)oc3cc(O)cc(O)c3c2=O)[C@H](O[C@@H]2OC[C@@H](O)[C@H](O)[C@H]2O)[C@H](O)[C@H]1O. The molecule has 2 fully saturated rings. The monoisotopic (exact) mass is 596 g/mol. The van der Waals surface area contributed by atoms with Crippen molar-refractivity contribution in [1.82, 2.24) is 0 Å². The molecule has 42 heavy (non-hydrogen) atoms. The van der Waals surface area contributed by atoms with Gasteiger partial charge in [0, 0.05) is 17.7 Å². The quantitative estimate of drug-likeness (QED) is 0.153. The maximum atomic E-state index is 13.7. The van der Waals surface area contributed by atoms with Crippen LogP contribution in [0.2, 0.25) is 0 Å². The third kappa shape index (κ3) is 5.14. The summed E-state index contributed by atoms with van der Waals surface area (Å²) in [6.07, 6.45) is -14.6. The second-order valence-corrected chi connectivity index (χ2v) is 9.95. The first-order valence-electron chi connectivity index (χ1n) is 12.6. The number of phenolic OH excluding ortho intramolecular Hbond substituents is 5. The molecule has 1 aromatic heterocycles. The van der Waals surface area contributed by atoms with Gasteiger partial charge < -0.3 is 74.4 Å². The van der Waals surface area contributed by atoms with Gasteiger partial charge in [0.2, 0.25) is 17.5 Å². The fourth-order valence-corrected chi connectivity index (χ4v) is 4.71. The highest BCUT2D eigenvalue weighted by atomic mass is 16.8. The summed E-state index contributed by atoms with van der Waals surface area (Å²) >= 11 is 0. The van der Waals surface area contributed by atoms with Crippen molar-refractivity contribution < 1.29 is 74.4 Å². The van der Waals surface area contributed by atoms with E-state index in [1.165, 1.54) is 6.92 Å². The van der Waals surface area contributed by atoms with E-state index in [1.807, 2.05) is 0 Å². The lowest BCUT2D eigenvalue weighted by Gasteiger charge is -2.44. The van der Waals surface area contributed by atoms with E-state index in [9.17, 15) is 55.9 Å². The lowest BCUT2D eigenvalue weighted by Crippen LogP contribution is -2.62. The molecule has 3 heterocycles. The largest absolute Gasteiger partial charge is 0.508 e. The zero-order chi connectivity index (χ0) is 30.6. The van der Waals surface area contributed by atoms with E-state index in [4.69, 9.17) is 23.4 Å². The van der Waals surface area contributed by atoms with Crippen LogP contribution in [-0.4, -0.2) is 113 Å². The maximum Gasteiger partial charge on any atom is 0.239 e. The van der Waals surface area contributed by atoms with Crippen LogP contribution < -0.4 is 10.2 Å². The Balaban J connectivity index is 1.63. The second kappa shape index (κ2) is 11.1. The summed E-state index contributed by atoms with van der Waals surface area (Å²) in [5, 5.41) is 101. The Morgan fingerprint density at radius 1 is 0.810 bits per heavy atom. The van der Waals surface area contributed by atoms with Crippen LogP contribution in [0.3, 0.4) is 0 Å². The maximum absolute atomic E-state index is 13.7. The topological polar surface area (TPSA) is 269 Å². The van der Waals surface area contributed by atoms with Crippen LogP contribution in [0.4, 0.5) is 0 Å². The fourth-order valence-electron chi connectivity index (χ4n) is 4.71. The van der Waals surface area contributed by atoms with Gasteiger partial charge in [0.05, 0.1) is 12.7 Å². The van der Waals surface area contributed by atoms with Crippen molar-refractivity contribution in [2.24, 2.45) is 0 Å². The van der Waals surface area contributed by atoms with Gasteiger partial charge in [0.25, 0.3) is 0 Å². The van der Waals surface area contributed by atoms with Crippen molar-refractivity contribution in [1.29, 1.82) is 0 Å². The van der Waals surface area contributed by atoms with Crippen molar-refractivity contribution in [3.05, 3.63) is 34.5 Å². The van der Waals surface area contributed by atoms with Crippen molar-refractivity contribution in [3.63, 3.8) is 0 Å². The molecule has 9 atom stereocenters. The highest BCUT2D eigenvalue weighted by Crippen LogP contribution is 2.43. The molecule has 0 bridgehead atoms. The molecule has 3 aromatic rings. The molecule has 2 saturated heterocycles. The zero-order valence-corrected chi connectivity index (χ0v) is 21.6. The molecule has 5 rings (SSSR count). The standard InChI is InChI=1S/C26H28O16/c1-7-16(32)20(36)24(42-25-21(37)18(34)13(31)6-38-25)26(39-7)41-23-19(35)15-10(28)4-9(27)5-14(15)40-22(23)8-2-11(29)17(33)12(30)3-8/h2-5,7,13,16,18,20-21,24-34,36-37H,6H2,1H3/t7-,13+,16-,18-,20+,21+,24+,25-,26-/m0/s1. The molecule has 16 nitrogen and oxygen atoms in total.